The van der Waals surface area contributed by atoms with Gasteiger partial charge in [0.05, 0.1) is 0 Å². The lowest BCUT2D eigenvalue weighted by Crippen LogP contribution is -2.85. The molecule has 0 unspecified atom stereocenters. The molecule has 7 nitrogen and oxygen atoms in total. The lowest BCUT2D eigenvalue weighted by Gasteiger charge is -2.65. The molecule has 2 saturated heterocycles. The Morgan fingerprint density at radius 1 is 1.03 bits per heavy atom. The minimum absolute atomic E-state index is 0.0283. The van der Waals surface area contributed by atoms with Crippen molar-refractivity contribution in [1.82, 2.24) is 9.80 Å². The monoisotopic (exact) mass is 533 g/mol. The van der Waals surface area contributed by atoms with Gasteiger partial charge in [-0.1, -0.05) is 60.1 Å². The van der Waals surface area contributed by atoms with Crippen LogP contribution >= 0.6 is 11.6 Å². The van der Waals surface area contributed by atoms with Crippen molar-refractivity contribution < 1.29 is 23.5 Å². The topological polar surface area (TPSA) is 70.2 Å². The van der Waals surface area contributed by atoms with Crippen molar-refractivity contribution in [3.05, 3.63) is 100 Å². The summed E-state index contributed by atoms with van der Waals surface area (Å²) in [7, 11) is 1.62. The van der Waals surface area contributed by atoms with Crippen LogP contribution in [0.15, 0.2) is 72.8 Å². The molecule has 3 aromatic carbocycles. The standard InChI is InChI=1S/C29H25ClFN3O4/c1-32-24-13-12-20(30)16-22(24)29(21-10-5-6-11-23(21)31)28(26(36)34(29)17-25(32)35)14-7-15-33(28)27(37)38-18-19-8-3-2-4-9-19/h2-6,8-13,16H,7,14-15,17-18H2,1H3/t28-,29+/m1/s1. The second-order valence-corrected chi connectivity index (χ2v) is 10.3. The van der Waals surface area contributed by atoms with Gasteiger partial charge in [-0.2, -0.15) is 0 Å². The molecule has 0 bridgehead atoms. The average molecular weight is 534 g/mol. The molecule has 194 valence electrons. The molecular formula is C29H25ClFN3O4. The van der Waals surface area contributed by atoms with Gasteiger partial charge in [0.1, 0.15) is 24.5 Å². The second kappa shape index (κ2) is 8.84. The van der Waals surface area contributed by atoms with Crippen molar-refractivity contribution in [2.45, 2.75) is 30.5 Å². The number of hydrogen-bond donors (Lipinski definition) is 0. The molecule has 3 aromatic rings. The second-order valence-electron chi connectivity index (χ2n) is 9.85. The molecule has 2 atom stereocenters. The molecule has 3 aliphatic rings. The number of benzene rings is 3. The van der Waals surface area contributed by atoms with Gasteiger partial charge in [0.25, 0.3) is 5.91 Å². The molecule has 0 saturated carbocycles. The highest BCUT2D eigenvalue weighted by Crippen LogP contribution is 2.63. The molecule has 3 amide bonds. The maximum absolute atomic E-state index is 15.8. The molecule has 3 aliphatic heterocycles. The lowest BCUT2D eigenvalue weighted by molar-refractivity contribution is -0.188. The number of carbonyl (C=O) groups is 3. The first-order valence-corrected chi connectivity index (χ1v) is 12.8. The van der Waals surface area contributed by atoms with Crippen molar-refractivity contribution in [2.24, 2.45) is 0 Å². The summed E-state index contributed by atoms with van der Waals surface area (Å²) in [6.45, 7) is 0.00814. The smallest absolute Gasteiger partial charge is 0.411 e. The van der Waals surface area contributed by atoms with E-state index in [4.69, 9.17) is 16.3 Å². The number of anilines is 1. The number of fused-ring (bicyclic) bond motifs is 4. The van der Waals surface area contributed by atoms with Gasteiger partial charge in [-0.05, 0) is 42.7 Å². The van der Waals surface area contributed by atoms with Crippen LogP contribution in [0.5, 0.6) is 0 Å². The minimum atomic E-state index is -1.49. The van der Waals surface area contributed by atoms with E-state index in [1.165, 1.54) is 20.8 Å². The molecule has 9 heteroatoms. The van der Waals surface area contributed by atoms with Crippen LogP contribution in [0.1, 0.15) is 29.5 Å². The summed E-state index contributed by atoms with van der Waals surface area (Å²) in [5.74, 6) is -1.28. The molecule has 0 N–H and O–H groups in total. The molecule has 3 heterocycles. The molecular weight excluding hydrogens is 509 g/mol. The Morgan fingerprint density at radius 2 is 1.76 bits per heavy atom. The SMILES string of the molecule is CN1C(=O)CN2C(=O)[C@]3(CCCN3C(=O)OCc3ccccc3)[C@]2(c2ccccc2F)c2cc(Cl)ccc21. The van der Waals surface area contributed by atoms with E-state index in [2.05, 4.69) is 0 Å². The van der Waals surface area contributed by atoms with Gasteiger partial charge in [-0.3, -0.25) is 14.5 Å². The molecule has 2 fully saturated rings. The Labute approximate surface area is 224 Å². The predicted molar refractivity (Wildman–Crippen MR) is 139 cm³/mol. The average Bonchev–Trinajstić information content (AvgIpc) is 3.37. The van der Waals surface area contributed by atoms with Crippen LogP contribution in [-0.4, -0.2) is 53.4 Å². The van der Waals surface area contributed by atoms with Crippen LogP contribution in [0.25, 0.3) is 0 Å². The quantitative estimate of drug-likeness (QED) is 0.457. The molecule has 38 heavy (non-hydrogen) atoms. The van der Waals surface area contributed by atoms with E-state index in [-0.39, 0.29) is 37.6 Å². The van der Waals surface area contributed by atoms with Crippen LogP contribution < -0.4 is 4.90 Å². The van der Waals surface area contributed by atoms with E-state index in [9.17, 15) is 14.4 Å². The molecule has 6 rings (SSSR count). The summed E-state index contributed by atoms with van der Waals surface area (Å²) in [4.78, 5) is 45.3. The normalized spacial score (nSPS) is 24.1. The summed E-state index contributed by atoms with van der Waals surface area (Å²) < 4.78 is 21.5. The summed E-state index contributed by atoms with van der Waals surface area (Å²) >= 11 is 6.48. The Morgan fingerprint density at radius 3 is 2.53 bits per heavy atom. The van der Waals surface area contributed by atoms with Gasteiger partial charge >= 0.3 is 6.09 Å². The van der Waals surface area contributed by atoms with Gasteiger partial charge in [0, 0.05) is 35.4 Å². The van der Waals surface area contributed by atoms with Crippen molar-refractivity contribution in [2.75, 3.05) is 25.0 Å². The highest BCUT2D eigenvalue weighted by molar-refractivity contribution is 6.30. The number of hydrogen-bond acceptors (Lipinski definition) is 4. The van der Waals surface area contributed by atoms with Crippen LogP contribution in [0.2, 0.25) is 5.02 Å². The summed E-state index contributed by atoms with van der Waals surface area (Å²) in [5.41, 5.74) is -0.980. The van der Waals surface area contributed by atoms with Gasteiger partial charge in [-0.25, -0.2) is 9.18 Å². The molecule has 0 aliphatic carbocycles. The first-order chi connectivity index (χ1) is 18.3. The Hall–Kier alpha value is -3.91. The van der Waals surface area contributed by atoms with Crippen molar-refractivity contribution in [3.8, 4) is 0 Å². The minimum Gasteiger partial charge on any atom is -0.445 e. The highest BCUT2D eigenvalue weighted by Gasteiger charge is 2.79. The maximum atomic E-state index is 15.8. The fourth-order valence-electron chi connectivity index (χ4n) is 6.46. The third kappa shape index (κ3) is 3.16. The first-order valence-electron chi connectivity index (χ1n) is 12.4. The van der Waals surface area contributed by atoms with Crippen molar-refractivity contribution >= 4 is 35.2 Å². The number of likely N-dealkylation sites (tertiary alicyclic amines) is 1. The zero-order chi connectivity index (χ0) is 26.7. The first kappa shape index (κ1) is 24.4. The van der Waals surface area contributed by atoms with E-state index in [1.54, 1.807) is 43.4 Å². The molecule has 0 radical (unpaired) electrons. The third-order valence-corrected chi connectivity index (χ3v) is 8.28. The van der Waals surface area contributed by atoms with E-state index >= 15 is 4.39 Å². The van der Waals surface area contributed by atoms with E-state index in [1.807, 2.05) is 30.3 Å². The molecule has 0 aromatic heterocycles. The van der Waals surface area contributed by atoms with E-state index in [0.717, 1.165) is 5.56 Å². The number of ether oxygens (including phenoxy) is 1. The Kier molecular flexibility index (Phi) is 5.68. The van der Waals surface area contributed by atoms with Gasteiger partial charge in [-0.15, -0.1) is 0 Å². The van der Waals surface area contributed by atoms with Crippen molar-refractivity contribution in [1.29, 1.82) is 0 Å². The predicted octanol–water partition coefficient (Wildman–Crippen LogP) is 4.71. The number of rotatable bonds is 3. The largest absolute Gasteiger partial charge is 0.445 e. The van der Waals surface area contributed by atoms with Crippen LogP contribution in [0.4, 0.5) is 14.9 Å². The number of β-lactam (4-membered cyclic amide) rings is 1. The fourth-order valence-corrected chi connectivity index (χ4v) is 6.63. The number of carbonyl (C=O) groups excluding carboxylic acids is 3. The van der Waals surface area contributed by atoms with Crippen molar-refractivity contribution in [3.63, 3.8) is 0 Å². The van der Waals surface area contributed by atoms with Gasteiger partial charge in [0.15, 0.2) is 5.54 Å². The summed E-state index contributed by atoms with van der Waals surface area (Å²) in [6, 6.07) is 20.5. The summed E-state index contributed by atoms with van der Waals surface area (Å²) in [5, 5.41) is 0.368. The van der Waals surface area contributed by atoms with Crippen LogP contribution in [0, 0.1) is 5.82 Å². The maximum Gasteiger partial charge on any atom is 0.411 e. The zero-order valence-electron chi connectivity index (χ0n) is 20.7. The van der Waals surface area contributed by atoms with E-state index < -0.39 is 28.9 Å². The lowest BCUT2D eigenvalue weighted by atomic mass is 9.57. The van der Waals surface area contributed by atoms with Crippen LogP contribution in [-0.2, 0) is 26.5 Å². The van der Waals surface area contributed by atoms with E-state index in [0.29, 0.717) is 22.7 Å². The zero-order valence-corrected chi connectivity index (χ0v) is 21.5. The number of halogens is 2. The molecule has 1 spiro atoms. The number of nitrogens with zero attached hydrogens (tertiary/aromatic N) is 3. The third-order valence-electron chi connectivity index (χ3n) is 8.05. The fraction of sp³-hybridized carbons (Fsp3) is 0.276. The summed E-state index contributed by atoms with van der Waals surface area (Å²) in [6.07, 6.45) is 0.124. The Balaban J connectivity index is 1.56. The van der Waals surface area contributed by atoms with Gasteiger partial charge in [0.2, 0.25) is 5.91 Å². The van der Waals surface area contributed by atoms with Gasteiger partial charge < -0.3 is 14.5 Å². The van der Waals surface area contributed by atoms with Crippen LogP contribution in [0.3, 0.4) is 0 Å². The Bertz CT molecular complexity index is 1470. The highest BCUT2D eigenvalue weighted by atomic mass is 35.5. The number of likely N-dealkylation sites (N-methyl/N-ethyl adjacent to an activating group) is 1. The number of amides is 3.